The predicted molar refractivity (Wildman–Crippen MR) is 80.1 cm³/mol. The van der Waals surface area contributed by atoms with Crippen LogP contribution in [0.25, 0.3) is 11.0 Å². The quantitative estimate of drug-likeness (QED) is 0.693. The SMILES string of the molecule is O=C(OCc1ccccc1Cl)c1ccc2nccnc2c1. The molecule has 0 bridgehead atoms. The molecule has 0 aliphatic carbocycles. The second-order valence-corrected chi connectivity index (χ2v) is 4.83. The van der Waals surface area contributed by atoms with E-state index in [4.69, 9.17) is 16.3 Å². The first kappa shape index (κ1) is 13.5. The van der Waals surface area contributed by atoms with Crippen LogP contribution in [0.4, 0.5) is 0 Å². The molecule has 0 saturated heterocycles. The molecule has 21 heavy (non-hydrogen) atoms. The lowest BCUT2D eigenvalue weighted by molar-refractivity contribution is 0.0473. The molecular weight excluding hydrogens is 288 g/mol. The number of halogens is 1. The highest BCUT2D eigenvalue weighted by molar-refractivity contribution is 6.31. The van der Waals surface area contributed by atoms with Gasteiger partial charge in [0.15, 0.2) is 0 Å². The van der Waals surface area contributed by atoms with Crippen LogP contribution in [-0.2, 0) is 11.3 Å². The van der Waals surface area contributed by atoms with Crippen LogP contribution in [0.3, 0.4) is 0 Å². The van der Waals surface area contributed by atoms with E-state index >= 15 is 0 Å². The summed E-state index contributed by atoms with van der Waals surface area (Å²) in [5.74, 6) is -0.414. The molecular formula is C16H11ClN2O2. The third kappa shape index (κ3) is 3.01. The molecule has 3 rings (SSSR count). The number of benzene rings is 2. The van der Waals surface area contributed by atoms with Crippen LogP contribution in [0, 0.1) is 0 Å². The van der Waals surface area contributed by atoms with E-state index in [-0.39, 0.29) is 6.61 Å². The van der Waals surface area contributed by atoms with Crippen molar-refractivity contribution in [2.24, 2.45) is 0 Å². The molecule has 0 radical (unpaired) electrons. The van der Waals surface area contributed by atoms with E-state index in [1.54, 1.807) is 36.7 Å². The van der Waals surface area contributed by atoms with Crippen molar-refractivity contribution in [2.75, 3.05) is 0 Å². The Bertz CT molecular complexity index is 805. The maximum absolute atomic E-state index is 12.1. The number of fused-ring (bicyclic) bond motifs is 1. The number of aromatic nitrogens is 2. The van der Waals surface area contributed by atoms with Crippen molar-refractivity contribution in [3.05, 3.63) is 71.0 Å². The van der Waals surface area contributed by atoms with Crippen LogP contribution in [0.2, 0.25) is 5.02 Å². The largest absolute Gasteiger partial charge is 0.457 e. The normalized spacial score (nSPS) is 10.5. The Hall–Kier alpha value is -2.46. The summed E-state index contributed by atoms with van der Waals surface area (Å²) in [7, 11) is 0. The number of rotatable bonds is 3. The summed E-state index contributed by atoms with van der Waals surface area (Å²) in [6.07, 6.45) is 3.19. The smallest absolute Gasteiger partial charge is 0.338 e. The van der Waals surface area contributed by atoms with Crippen LogP contribution in [0.1, 0.15) is 15.9 Å². The molecule has 1 heterocycles. The number of hydrogen-bond donors (Lipinski definition) is 0. The van der Waals surface area contributed by atoms with Crippen LogP contribution in [-0.4, -0.2) is 15.9 Å². The number of ether oxygens (including phenoxy) is 1. The molecule has 0 spiro atoms. The Labute approximate surface area is 126 Å². The van der Waals surface area contributed by atoms with E-state index in [0.29, 0.717) is 16.1 Å². The van der Waals surface area contributed by atoms with Gasteiger partial charge in [0.25, 0.3) is 0 Å². The molecule has 2 aromatic carbocycles. The van der Waals surface area contributed by atoms with E-state index in [9.17, 15) is 4.79 Å². The van der Waals surface area contributed by atoms with Gasteiger partial charge in [-0.1, -0.05) is 29.8 Å². The van der Waals surface area contributed by atoms with Gasteiger partial charge in [0, 0.05) is 23.0 Å². The van der Waals surface area contributed by atoms with Crippen molar-refractivity contribution < 1.29 is 9.53 Å². The van der Waals surface area contributed by atoms with Crippen molar-refractivity contribution in [3.8, 4) is 0 Å². The summed E-state index contributed by atoms with van der Waals surface area (Å²) in [5, 5.41) is 0.578. The average Bonchev–Trinajstić information content (AvgIpc) is 2.53. The van der Waals surface area contributed by atoms with Gasteiger partial charge in [0.1, 0.15) is 6.61 Å². The van der Waals surface area contributed by atoms with E-state index in [1.807, 2.05) is 18.2 Å². The molecule has 1 aromatic heterocycles. The van der Waals surface area contributed by atoms with Crippen molar-refractivity contribution in [1.82, 2.24) is 9.97 Å². The first-order valence-electron chi connectivity index (χ1n) is 6.35. The standard InChI is InChI=1S/C16H11ClN2O2/c17-13-4-2-1-3-12(13)10-21-16(20)11-5-6-14-15(9-11)19-8-7-18-14/h1-9H,10H2. The van der Waals surface area contributed by atoms with E-state index < -0.39 is 5.97 Å². The highest BCUT2D eigenvalue weighted by atomic mass is 35.5. The Balaban J connectivity index is 1.76. The van der Waals surface area contributed by atoms with Gasteiger partial charge in [-0.25, -0.2) is 4.79 Å². The van der Waals surface area contributed by atoms with Gasteiger partial charge in [-0.05, 0) is 24.3 Å². The summed E-state index contributed by atoms with van der Waals surface area (Å²) < 4.78 is 5.27. The Morgan fingerprint density at radius 1 is 1.05 bits per heavy atom. The molecule has 0 amide bonds. The maximum Gasteiger partial charge on any atom is 0.338 e. The van der Waals surface area contributed by atoms with Gasteiger partial charge in [-0.2, -0.15) is 0 Å². The number of hydrogen-bond acceptors (Lipinski definition) is 4. The monoisotopic (exact) mass is 298 g/mol. The Morgan fingerprint density at radius 2 is 1.81 bits per heavy atom. The number of esters is 1. The van der Waals surface area contributed by atoms with Crippen LogP contribution >= 0.6 is 11.6 Å². The lowest BCUT2D eigenvalue weighted by Gasteiger charge is -2.07. The minimum Gasteiger partial charge on any atom is -0.457 e. The first-order chi connectivity index (χ1) is 10.2. The Morgan fingerprint density at radius 3 is 2.62 bits per heavy atom. The third-order valence-corrected chi connectivity index (χ3v) is 3.39. The summed E-state index contributed by atoms with van der Waals surface area (Å²) in [6, 6.07) is 12.3. The predicted octanol–water partition coefficient (Wildman–Crippen LogP) is 3.64. The molecule has 5 heteroatoms. The lowest BCUT2D eigenvalue weighted by Crippen LogP contribution is -2.05. The van der Waals surface area contributed by atoms with E-state index in [0.717, 1.165) is 11.1 Å². The Kier molecular flexibility index (Phi) is 3.79. The van der Waals surface area contributed by atoms with Crippen molar-refractivity contribution in [3.63, 3.8) is 0 Å². The van der Waals surface area contributed by atoms with Gasteiger partial charge in [-0.3, -0.25) is 9.97 Å². The zero-order valence-corrected chi connectivity index (χ0v) is 11.7. The minimum absolute atomic E-state index is 0.136. The summed E-state index contributed by atoms with van der Waals surface area (Å²) in [4.78, 5) is 20.4. The molecule has 0 aliphatic heterocycles. The molecule has 0 fully saturated rings. The van der Waals surface area contributed by atoms with E-state index in [1.165, 1.54) is 0 Å². The summed E-state index contributed by atoms with van der Waals surface area (Å²) >= 11 is 6.02. The second kappa shape index (κ2) is 5.89. The lowest BCUT2D eigenvalue weighted by atomic mass is 10.2. The van der Waals surface area contributed by atoms with Gasteiger partial charge >= 0.3 is 5.97 Å². The highest BCUT2D eigenvalue weighted by Gasteiger charge is 2.10. The van der Waals surface area contributed by atoms with E-state index in [2.05, 4.69) is 9.97 Å². The molecule has 0 aliphatic rings. The maximum atomic E-state index is 12.1. The fourth-order valence-corrected chi connectivity index (χ4v) is 2.12. The minimum atomic E-state index is -0.414. The molecule has 104 valence electrons. The van der Waals surface area contributed by atoms with Gasteiger partial charge in [0.05, 0.1) is 16.6 Å². The van der Waals surface area contributed by atoms with Crippen molar-refractivity contribution in [1.29, 1.82) is 0 Å². The third-order valence-electron chi connectivity index (χ3n) is 3.02. The van der Waals surface area contributed by atoms with Gasteiger partial charge < -0.3 is 4.74 Å². The molecule has 0 N–H and O–H groups in total. The topological polar surface area (TPSA) is 52.1 Å². The second-order valence-electron chi connectivity index (χ2n) is 4.43. The number of nitrogens with zero attached hydrogens (tertiary/aromatic N) is 2. The number of carbonyl (C=O) groups is 1. The van der Waals surface area contributed by atoms with Crippen molar-refractivity contribution >= 4 is 28.6 Å². The fraction of sp³-hybridized carbons (Fsp3) is 0.0625. The molecule has 4 nitrogen and oxygen atoms in total. The number of carbonyl (C=O) groups excluding carboxylic acids is 1. The fourth-order valence-electron chi connectivity index (χ4n) is 1.93. The van der Waals surface area contributed by atoms with Crippen molar-refractivity contribution in [2.45, 2.75) is 6.61 Å². The van der Waals surface area contributed by atoms with Crippen LogP contribution < -0.4 is 0 Å². The zero-order valence-electron chi connectivity index (χ0n) is 11.0. The zero-order chi connectivity index (χ0) is 14.7. The summed E-state index contributed by atoms with van der Waals surface area (Å²) in [6.45, 7) is 0.136. The summed E-state index contributed by atoms with van der Waals surface area (Å²) in [5.41, 5.74) is 2.60. The molecule has 0 saturated carbocycles. The highest BCUT2D eigenvalue weighted by Crippen LogP contribution is 2.17. The molecule has 0 atom stereocenters. The molecule has 3 aromatic rings. The van der Waals surface area contributed by atoms with Crippen LogP contribution in [0.5, 0.6) is 0 Å². The first-order valence-corrected chi connectivity index (χ1v) is 6.73. The van der Waals surface area contributed by atoms with Crippen LogP contribution in [0.15, 0.2) is 54.9 Å². The molecule has 0 unspecified atom stereocenters. The average molecular weight is 299 g/mol. The van der Waals surface area contributed by atoms with Gasteiger partial charge in [-0.15, -0.1) is 0 Å². The van der Waals surface area contributed by atoms with Gasteiger partial charge in [0.2, 0.25) is 0 Å².